The van der Waals surface area contributed by atoms with Crippen LogP contribution in [0.2, 0.25) is 0 Å². The fraction of sp³-hybridized carbons (Fsp3) is 0.250. The third-order valence-electron chi connectivity index (χ3n) is 4.24. The number of hydrogen-bond donors (Lipinski definition) is 3. The van der Waals surface area contributed by atoms with Gasteiger partial charge in [0, 0.05) is 11.8 Å². The van der Waals surface area contributed by atoms with Crippen molar-refractivity contribution >= 4 is 29.1 Å². The lowest BCUT2D eigenvalue weighted by atomic mass is 10.1. The van der Waals surface area contributed by atoms with Crippen LogP contribution in [0, 0.1) is 0 Å². The van der Waals surface area contributed by atoms with Crippen LogP contribution in [0.15, 0.2) is 47.5 Å². The van der Waals surface area contributed by atoms with Crippen molar-refractivity contribution in [3.63, 3.8) is 0 Å². The maximum Gasteiger partial charge on any atom is 0.249 e. The van der Waals surface area contributed by atoms with E-state index in [-0.39, 0.29) is 18.3 Å². The van der Waals surface area contributed by atoms with Gasteiger partial charge in [-0.25, -0.2) is 4.99 Å². The molecule has 1 heterocycles. The second kappa shape index (κ2) is 8.96. The molecular formula is C20H22N4O5. The third kappa shape index (κ3) is 4.95. The van der Waals surface area contributed by atoms with Gasteiger partial charge in [0.2, 0.25) is 17.8 Å². The summed E-state index contributed by atoms with van der Waals surface area (Å²) in [6.07, 6.45) is -0.0636. The first-order valence-electron chi connectivity index (χ1n) is 8.84. The van der Waals surface area contributed by atoms with Gasteiger partial charge >= 0.3 is 0 Å². The molecule has 1 aliphatic heterocycles. The highest BCUT2D eigenvalue weighted by Crippen LogP contribution is 2.29. The third-order valence-corrected chi connectivity index (χ3v) is 4.24. The summed E-state index contributed by atoms with van der Waals surface area (Å²) in [6, 6.07) is 11.2. The molecule has 3 rings (SSSR count). The highest BCUT2D eigenvalue weighted by atomic mass is 16.5. The van der Waals surface area contributed by atoms with Crippen LogP contribution in [-0.4, -0.2) is 45.1 Å². The molecule has 9 nitrogen and oxygen atoms in total. The van der Waals surface area contributed by atoms with E-state index in [0.717, 1.165) is 0 Å². The van der Waals surface area contributed by atoms with E-state index in [1.807, 2.05) is 0 Å². The Labute approximate surface area is 168 Å². The van der Waals surface area contributed by atoms with Crippen molar-refractivity contribution in [2.24, 2.45) is 4.99 Å². The lowest BCUT2D eigenvalue weighted by molar-refractivity contribution is -0.124. The Hall–Kier alpha value is -3.75. The first-order chi connectivity index (χ1) is 14.0. The molecule has 152 valence electrons. The quantitative estimate of drug-likeness (QED) is 0.687. The van der Waals surface area contributed by atoms with Crippen LogP contribution in [0.3, 0.4) is 0 Å². The number of carbonyl (C=O) groups excluding carboxylic acids is 2. The lowest BCUT2D eigenvalue weighted by Gasteiger charge is -2.21. The summed E-state index contributed by atoms with van der Waals surface area (Å²) in [6.45, 7) is 0. The zero-order valence-electron chi connectivity index (χ0n) is 16.3. The van der Waals surface area contributed by atoms with Gasteiger partial charge in [-0.05, 0) is 36.4 Å². The van der Waals surface area contributed by atoms with Crippen molar-refractivity contribution in [1.82, 2.24) is 5.32 Å². The second-order valence-corrected chi connectivity index (χ2v) is 6.15. The summed E-state index contributed by atoms with van der Waals surface area (Å²) in [5.41, 5.74) is 1.13. The average molecular weight is 398 g/mol. The number of anilines is 2. The molecular weight excluding hydrogens is 376 g/mol. The molecule has 2 aromatic rings. The number of nitrogens with one attached hydrogen (secondary N) is 3. The number of amides is 2. The highest BCUT2D eigenvalue weighted by Gasteiger charge is 2.27. The summed E-state index contributed by atoms with van der Waals surface area (Å²) in [5, 5.41) is 8.37. The maximum absolute atomic E-state index is 12.7. The predicted molar refractivity (Wildman–Crippen MR) is 109 cm³/mol. The summed E-state index contributed by atoms with van der Waals surface area (Å²) in [5.74, 6) is 1.20. The molecule has 0 fully saturated rings. The Morgan fingerprint density at radius 3 is 2.38 bits per heavy atom. The molecule has 0 bridgehead atoms. The number of benzene rings is 2. The Bertz CT molecular complexity index is 927. The molecule has 9 heteroatoms. The van der Waals surface area contributed by atoms with Crippen molar-refractivity contribution in [2.75, 3.05) is 32.0 Å². The van der Waals surface area contributed by atoms with E-state index >= 15 is 0 Å². The molecule has 2 amide bonds. The Balaban J connectivity index is 1.75. The zero-order valence-corrected chi connectivity index (χ0v) is 16.3. The fourth-order valence-electron chi connectivity index (χ4n) is 2.75. The van der Waals surface area contributed by atoms with E-state index < -0.39 is 11.9 Å². The summed E-state index contributed by atoms with van der Waals surface area (Å²) >= 11 is 0. The largest absolute Gasteiger partial charge is 0.497 e. The van der Waals surface area contributed by atoms with Crippen molar-refractivity contribution < 1.29 is 23.8 Å². The molecule has 0 aromatic heterocycles. The minimum Gasteiger partial charge on any atom is -0.497 e. The van der Waals surface area contributed by atoms with Gasteiger partial charge in [-0.2, -0.15) is 0 Å². The molecule has 0 aliphatic carbocycles. The van der Waals surface area contributed by atoms with Gasteiger partial charge in [0.15, 0.2) is 0 Å². The smallest absolute Gasteiger partial charge is 0.249 e. The van der Waals surface area contributed by atoms with Gasteiger partial charge < -0.3 is 24.8 Å². The Morgan fingerprint density at radius 1 is 1.03 bits per heavy atom. The molecule has 1 unspecified atom stereocenters. The summed E-state index contributed by atoms with van der Waals surface area (Å²) in [7, 11) is 4.61. The molecule has 0 saturated heterocycles. The standard InChI is InChI=1S/C20H22N4O5/c1-27-13-6-4-12(5-7-13)21-20-23-16(11-18(25)24-20)19(26)22-15-10-14(28-2)8-9-17(15)29-3/h4-10,16H,11H2,1-3H3,(H,22,26)(H2,21,23,24,25). The topological polar surface area (TPSA) is 110 Å². The van der Waals surface area contributed by atoms with Gasteiger partial charge in [0.25, 0.3) is 0 Å². The lowest BCUT2D eigenvalue weighted by Crippen LogP contribution is -2.45. The molecule has 1 aliphatic rings. The first kappa shape index (κ1) is 20.0. The number of nitrogens with zero attached hydrogens (tertiary/aromatic N) is 1. The van der Waals surface area contributed by atoms with Crippen LogP contribution < -0.4 is 30.2 Å². The van der Waals surface area contributed by atoms with Crippen molar-refractivity contribution in [3.05, 3.63) is 42.5 Å². The molecule has 0 spiro atoms. The fourth-order valence-corrected chi connectivity index (χ4v) is 2.75. The number of rotatable bonds is 6. The minimum absolute atomic E-state index is 0.0636. The van der Waals surface area contributed by atoms with E-state index in [4.69, 9.17) is 14.2 Å². The van der Waals surface area contributed by atoms with E-state index in [1.165, 1.54) is 14.2 Å². The van der Waals surface area contributed by atoms with E-state index in [0.29, 0.717) is 28.6 Å². The molecule has 1 atom stereocenters. The summed E-state index contributed by atoms with van der Waals surface area (Å²) in [4.78, 5) is 29.1. The Kier molecular flexibility index (Phi) is 6.18. The molecule has 2 aromatic carbocycles. The number of guanidine groups is 1. The van der Waals surface area contributed by atoms with Gasteiger partial charge in [0.1, 0.15) is 23.3 Å². The van der Waals surface area contributed by atoms with Gasteiger partial charge in [-0.3, -0.25) is 14.9 Å². The molecule has 0 saturated carbocycles. The maximum atomic E-state index is 12.7. The number of carbonyl (C=O) groups is 2. The monoisotopic (exact) mass is 398 g/mol. The Morgan fingerprint density at radius 2 is 1.72 bits per heavy atom. The molecule has 0 radical (unpaired) electrons. The zero-order chi connectivity index (χ0) is 20.8. The minimum atomic E-state index is -0.889. The van der Waals surface area contributed by atoms with Gasteiger partial charge in [-0.15, -0.1) is 0 Å². The van der Waals surface area contributed by atoms with Crippen LogP contribution in [0.4, 0.5) is 11.4 Å². The SMILES string of the molecule is COc1ccc(NC2=NC(C(=O)Nc3cc(OC)ccc3OC)CC(=O)N2)cc1. The molecule has 3 N–H and O–H groups in total. The summed E-state index contributed by atoms with van der Waals surface area (Å²) < 4.78 is 15.6. The highest BCUT2D eigenvalue weighted by molar-refractivity contribution is 6.10. The first-order valence-corrected chi connectivity index (χ1v) is 8.84. The van der Waals surface area contributed by atoms with Gasteiger partial charge in [0.05, 0.1) is 33.4 Å². The van der Waals surface area contributed by atoms with Crippen LogP contribution in [0.25, 0.3) is 0 Å². The normalized spacial score (nSPS) is 15.6. The second-order valence-electron chi connectivity index (χ2n) is 6.15. The molecule has 29 heavy (non-hydrogen) atoms. The van der Waals surface area contributed by atoms with Crippen LogP contribution in [-0.2, 0) is 9.59 Å². The van der Waals surface area contributed by atoms with Crippen LogP contribution in [0.5, 0.6) is 17.2 Å². The van der Waals surface area contributed by atoms with Crippen molar-refractivity contribution in [1.29, 1.82) is 0 Å². The van der Waals surface area contributed by atoms with E-state index in [9.17, 15) is 9.59 Å². The van der Waals surface area contributed by atoms with Crippen LogP contribution >= 0.6 is 0 Å². The van der Waals surface area contributed by atoms with Crippen LogP contribution in [0.1, 0.15) is 6.42 Å². The number of hydrogen-bond acceptors (Lipinski definition) is 7. The number of aliphatic imine (C=N–C) groups is 1. The average Bonchev–Trinajstić information content (AvgIpc) is 2.73. The predicted octanol–water partition coefficient (Wildman–Crippen LogP) is 2.01. The van der Waals surface area contributed by atoms with E-state index in [1.54, 1.807) is 49.6 Å². The van der Waals surface area contributed by atoms with E-state index in [2.05, 4.69) is 20.9 Å². The number of ether oxygens (including phenoxy) is 3. The van der Waals surface area contributed by atoms with Crippen molar-refractivity contribution in [3.8, 4) is 17.2 Å². The van der Waals surface area contributed by atoms with Gasteiger partial charge in [-0.1, -0.05) is 0 Å². The number of methoxy groups -OCH3 is 3. The van der Waals surface area contributed by atoms with Crippen molar-refractivity contribution in [2.45, 2.75) is 12.5 Å².